The smallest absolute Gasteiger partial charge is 0.0106 e. The molecule has 0 bridgehead atoms. The Balaban J connectivity index is 2.83. The van der Waals surface area contributed by atoms with Crippen LogP contribution in [0, 0.1) is 6.92 Å². The van der Waals surface area contributed by atoms with E-state index in [0.717, 1.165) is 6.42 Å². The fourth-order valence-corrected chi connectivity index (χ4v) is 2.40. The monoisotopic (exact) mass is 224 g/mol. The maximum absolute atomic E-state index is 2.27. The maximum Gasteiger partial charge on any atom is -0.0106 e. The lowest BCUT2D eigenvalue weighted by atomic mass is 9.92. The molecule has 0 N–H and O–H groups in total. The van der Waals surface area contributed by atoms with Gasteiger partial charge in [0.05, 0.1) is 0 Å². The third-order valence-corrected chi connectivity index (χ3v) is 3.47. The molecule has 0 amide bonds. The molecule has 17 heavy (non-hydrogen) atoms. The minimum atomic E-state index is 1.09. The van der Waals surface area contributed by atoms with Gasteiger partial charge in [-0.2, -0.15) is 0 Å². The standard InChI is InChI=1S/C17H20/c1-5-13(4)17-14(6-2)8-9-15-11-12(3)7-10-16(15)17/h5,7-11H,6H2,1-4H3/b13-5-. The van der Waals surface area contributed by atoms with Crippen molar-refractivity contribution in [2.45, 2.75) is 34.1 Å². The highest BCUT2D eigenvalue weighted by molar-refractivity contribution is 5.95. The zero-order chi connectivity index (χ0) is 12.4. The van der Waals surface area contributed by atoms with Crippen molar-refractivity contribution < 1.29 is 0 Å². The highest BCUT2D eigenvalue weighted by atomic mass is 14.1. The Hall–Kier alpha value is -1.56. The molecule has 2 rings (SSSR count). The minimum Gasteiger partial charge on any atom is -0.0841 e. The Morgan fingerprint density at radius 2 is 1.94 bits per heavy atom. The Bertz CT molecular complexity index is 574. The highest BCUT2D eigenvalue weighted by Crippen LogP contribution is 2.29. The molecule has 0 radical (unpaired) electrons. The van der Waals surface area contributed by atoms with Crippen LogP contribution in [-0.4, -0.2) is 0 Å². The van der Waals surface area contributed by atoms with Crippen molar-refractivity contribution in [2.75, 3.05) is 0 Å². The van der Waals surface area contributed by atoms with Gasteiger partial charge >= 0.3 is 0 Å². The van der Waals surface area contributed by atoms with E-state index < -0.39 is 0 Å². The largest absolute Gasteiger partial charge is 0.0841 e. The van der Waals surface area contributed by atoms with Gasteiger partial charge in [0.25, 0.3) is 0 Å². The van der Waals surface area contributed by atoms with Gasteiger partial charge in [0.15, 0.2) is 0 Å². The van der Waals surface area contributed by atoms with Gasteiger partial charge in [-0.15, -0.1) is 0 Å². The third kappa shape index (κ3) is 2.12. The van der Waals surface area contributed by atoms with Crippen molar-refractivity contribution in [3.05, 3.63) is 53.1 Å². The average Bonchev–Trinajstić information content (AvgIpc) is 2.36. The Labute approximate surface area is 104 Å². The molecule has 0 nitrogen and oxygen atoms in total. The second kappa shape index (κ2) is 4.75. The molecule has 0 unspecified atom stereocenters. The summed E-state index contributed by atoms with van der Waals surface area (Å²) in [6, 6.07) is 11.2. The fraction of sp³-hybridized carbons (Fsp3) is 0.294. The van der Waals surface area contributed by atoms with Gasteiger partial charge in [0, 0.05) is 0 Å². The first-order valence-electron chi connectivity index (χ1n) is 6.33. The highest BCUT2D eigenvalue weighted by Gasteiger charge is 2.07. The van der Waals surface area contributed by atoms with Crippen LogP contribution in [0.1, 0.15) is 37.5 Å². The number of benzene rings is 2. The summed E-state index contributed by atoms with van der Waals surface area (Å²) >= 11 is 0. The van der Waals surface area contributed by atoms with Gasteiger partial charge in [-0.3, -0.25) is 0 Å². The molecule has 0 heteroatoms. The predicted molar refractivity (Wildman–Crippen MR) is 77.4 cm³/mol. The fourth-order valence-electron chi connectivity index (χ4n) is 2.40. The summed E-state index contributed by atoms with van der Waals surface area (Å²) in [6.45, 7) is 8.69. The molecule has 0 aliphatic carbocycles. The van der Waals surface area contributed by atoms with Crippen LogP contribution in [-0.2, 0) is 6.42 Å². The van der Waals surface area contributed by atoms with Crippen LogP contribution in [0.15, 0.2) is 36.4 Å². The van der Waals surface area contributed by atoms with Crippen molar-refractivity contribution >= 4 is 16.3 Å². The second-order valence-corrected chi connectivity index (χ2v) is 4.65. The van der Waals surface area contributed by atoms with E-state index >= 15 is 0 Å². The van der Waals surface area contributed by atoms with E-state index in [0.29, 0.717) is 0 Å². The Kier molecular flexibility index (Phi) is 3.33. The molecule has 0 aromatic heterocycles. The Morgan fingerprint density at radius 1 is 1.18 bits per heavy atom. The number of hydrogen-bond acceptors (Lipinski definition) is 0. The number of hydrogen-bond donors (Lipinski definition) is 0. The van der Waals surface area contributed by atoms with E-state index in [1.807, 2.05) is 0 Å². The minimum absolute atomic E-state index is 1.09. The molecule has 2 aromatic carbocycles. The number of aryl methyl sites for hydroxylation is 2. The van der Waals surface area contributed by atoms with Crippen LogP contribution in [0.5, 0.6) is 0 Å². The van der Waals surface area contributed by atoms with Gasteiger partial charge in [-0.05, 0) is 54.7 Å². The van der Waals surface area contributed by atoms with Gasteiger partial charge in [-0.1, -0.05) is 48.9 Å². The topological polar surface area (TPSA) is 0 Å². The second-order valence-electron chi connectivity index (χ2n) is 4.65. The van der Waals surface area contributed by atoms with Gasteiger partial charge in [0.2, 0.25) is 0 Å². The molecule has 0 saturated heterocycles. The summed E-state index contributed by atoms with van der Waals surface area (Å²) in [5.41, 5.74) is 5.56. The first-order valence-corrected chi connectivity index (χ1v) is 6.33. The van der Waals surface area contributed by atoms with Crippen LogP contribution >= 0.6 is 0 Å². The van der Waals surface area contributed by atoms with Crippen molar-refractivity contribution in [3.63, 3.8) is 0 Å². The summed E-state index contributed by atoms with van der Waals surface area (Å²) in [5, 5.41) is 2.73. The SMILES string of the molecule is C/C=C(/C)c1c(CC)ccc2cc(C)ccc12. The van der Waals surface area contributed by atoms with E-state index in [2.05, 4.69) is 64.1 Å². The quantitative estimate of drug-likeness (QED) is 0.663. The van der Waals surface area contributed by atoms with Gasteiger partial charge in [0.1, 0.15) is 0 Å². The van der Waals surface area contributed by atoms with Crippen LogP contribution in [0.2, 0.25) is 0 Å². The molecule has 0 aliphatic rings. The molecule has 0 spiro atoms. The zero-order valence-electron chi connectivity index (χ0n) is 11.2. The van der Waals surface area contributed by atoms with Crippen molar-refractivity contribution in [1.82, 2.24) is 0 Å². The molecule has 88 valence electrons. The molecule has 0 aliphatic heterocycles. The van der Waals surface area contributed by atoms with Crippen molar-refractivity contribution in [3.8, 4) is 0 Å². The lowest BCUT2D eigenvalue weighted by Gasteiger charge is -2.13. The molecule has 0 heterocycles. The van der Waals surface area contributed by atoms with Crippen LogP contribution < -0.4 is 0 Å². The lowest BCUT2D eigenvalue weighted by molar-refractivity contribution is 1.13. The van der Waals surface area contributed by atoms with Gasteiger partial charge in [-0.25, -0.2) is 0 Å². The van der Waals surface area contributed by atoms with E-state index in [4.69, 9.17) is 0 Å². The molecule has 0 atom stereocenters. The van der Waals surface area contributed by atoms with Crippen molar-refractivity contribution in [1.29, 1.82) is 0 Å². The number of rotatable bonds is 2. The summed E-state index contributed by atoms with van der Waals surface area (Å²) < 4.78 is 0. The Morgan fingerprint density at radius 3 is 2.59 bits per heavy atom. The molecule has 0 fully saturated rings. The van der Waals surface area contributed by atoms with Crippen LogP contribution in [0.25, 0.3) is 16.3 Å². The van der Waals surface area contributed by atoms with Crippen LogP contribution in [0.4, 0.5) is 0 Å². The lowest BCUT2D eigenvalue weighted by Crippen LogP contribution is -1.92. The van der Waals surface area contributed by atoms with E-state index in [9.17, 15) is 0 Å². The zero-order valence-corrected chi connectivity index (χ0v) is 11.2. The average molecular weight is 224 g/mol. The number of allylic oxidation sites excluding steroid dienone is 2. The summed E-state index contributed by atoms with van der Waals surface area (Å²) in [6.07, 6.45) is 3.29. The summed E-state index contributed by atoms with van der Waals surface area (Å²) in [5.74, 6) is 0. The van der Waals surface area contributed by atoms with Crippen LogP contribution in [0.3, 0.4) is 0 Å². The normalized spacial score (nSPS) is 12.1. The molecule has 2 aromatic rings. The summed E-state index contributed by atoms with van der Waals surface area (Å²) in [4.78, 5) is 0. The predicted octanol–water partition coefficient (Wildman–Crippen LogP) is 5.13. The van der Waals surface area contributed by atoms with Gasteiger partial charge < -0.3 is 0 Å². The number of fused-ring (bicyclic) bond motifs is 1. The molecular formula is C17H20. The molecular weight excluding hydrogens is 204 g/mol. The first-order chi connectivity index (χ1) is 8.17. The summed E-state index contributed by atoms with van der Waals surface area (Å²) in [7, 11) is 0. The van der Waals surface area contributed by atoms with Crippen molar-refractivity contribution in [2.24, 2.45) is 0 Å². The van der Waals surface area contributed by atoms with E-state index in [-0.39, 0.29) is 0 Å². The van der Waals surface area contributed by atoms with E-state index in [1.165, 1.54) is 33.0 Å². The third-order valence-electron chi connectivity index (χ3n) is 3.47. The van der Waals surface area contributed by atoms with E-state index in [1.54, 1.807) is 0 Å². The molecule has 0 saturated carbocycles. The maximum atomic E-state index is 2.27. The first kappa shape index (κ1) is 11.9.